The Morgan fingerprint density at radius 3 is 2.62 bits per heavy atom. The van der Waals surface area contributed by atoms with E-state index in [4.69, 9.17) is 22.4 Å². The minimum absolute atomic E-state index is 0.111. The summed E-state index contributed by atoms with van der Waals surface area (Å²) in [5.41, 5.74) is -0.717. The molecule has 0 rings (SSSR count). The molecule has 0 aliphatic heterocycles. The SMILES string of the molecule is C=CCNC(=S)NCC(C)(CO)CC(=O)O. The summed E-state index contributed by atoms with van der Waals surface area (Å²) >= 11 is 4.95. The molecule has 0 spiro atoms. The zero-order valence-corrected chi connectivity index (χ0v) is 10.1. The van der Waals surface area contributed by atoms with E-state index < -0.39 is 11.4 Å². The highest BCUT2D eigenvalue weighted by atomic mass is 32.1. The van der Waals surface area contributed by atoms with Gasteiger partial charge in [-0.05, 0) is 12.2 Å². The number of nitrogens with one attached hydrogen (secondary N) is 2. The van der Waals surface area contributed by atoms with Crippen molar-refractivity contribution < 1.29 is 15.0 Å². The number of aliphatic hydroxyl groups is 1. The molecule has 0 aliphatic carbocycles. The maximum absolute atomic E-state index is 10.6. The van der Waals surface area contributed by atoms with Gasteiger partial charge in [-0.3, -0.25) is 4.79 Å². The lowest BCUT2D eigenvalue weighted by Crippen LogP contribution is -2.43. The zero-order valence-electron chi connectivity index (χ0n) is 9.32. The van der Waals surface area contributed by atoms with Gasteiger partial charge in [0.2, 0.25) is 0 Å². The van der Waals surface area contributed by atoms with Crippen LogP contribution in [0.2, 0.25) is 0 Å². The van der Waals surface area contributed by atoms with Gasteiger partial charge >= 0.3 is 5.97 Å². The fourth-order valence-electron chi connectivity index (χ4n) is 1.06. The van der Waals surface area contributed by atoms with Crippen molar-refractivity contribution in [2.45, 2.75) is 13.3 Å². The molecule has 0 heterocycles. The van der Waals surface area contributed by atoms with Gasteiger partial charge in [-0.1, -0.05) is 13.0 Å². The number of aliphatic carboxylic acids is 1. The Morgan fingerprint density at radius 2 is 2.19 bits per heavy atom. The van der Waals surface area contributed by atoms with E-state index in [1.54, 1.807) is 13.0 Å². The minimum atomic E-state index is -0.941. The van der Waals surface area contributed by atoms with Crippen molar-refractivity contribution in [2.75, 3.05) is 19.7 Å². The highest BCUT2D eigenvalue weighted by Crippen LogP contribution is 2.19. The molecular formula is C10H18N2O3S. The number of hydrogen-bond donors (Lipinski definition) is 4. The molecule has 5 nitrogen and oxygen atoms in total. The van der Waals surface area contributed by atoms with Gasteiger partial charge in [0.05, 0.1) is 13.0 Å². The van der Waals surface area contributed by atoms with Gasteiger partial charge in [0.25, 0.3) is 0 Å². The van der Waals surface area contributed by atoms with E-state index in [1.165, 1.54) is 0 Å². The van der Waals surface area contributed by atoms with Crippen molar-refractivity contribution in [2.24, 2.45) is 5.41 Å². The maximum Gasteiger partial charge on any atom is 0.304 e. The molecule has 1 atom stereocenters. The van der Waals surface area contributed by atoms with E-state index in [9.17, 15) is 4.79 Å². The lowest BCUT2D eigenvalue weighted by molar-refractivity contribution is -0.140. The molecule has 4 N–H and O–H groups in total. The third-order valence-corrected chi connectivity index (χ3v) is 2.33. The standard InChI is InChI=1S/C10H18N2O3S/c1-3-4-11-9(16)12-6-10(2,7-13)5-8(14)15/h3,13H,1,4-7H2,2H3,(H,14,15)(H2,11,12,16). The van der Waals surface area contributed by atoms with Crippen molar-refractivity contribution in [1.82, 2.24) is 10.6 Å². The number of carbonyl (C=O) groups is 1. The molecule has 92 valence electrons. The lowest BCUT2D eigenvalue weighted by Gasteiger charge is -2.26. The first kappa shape index (κ1) is 14.9. The average molecular weight is 246 g/mol. The molecule has 6 heteroatoms. The molecule has 0 radical (unpaired) electrons. The summed E-state index contributed by atoms with van der Waals surface area (Å²) in [5, 5.41) is 24.0. The van der Waals surface area contributed by atoms with Crippen LogP contribution < -0.4 is 10.6 Å². The number of rotatable bonds is 7. The van der Waals surface area contributed by atoms with Crippen LogP contribution in [0.15, 0.2) is 12.7 Å². The smallest absolute Gasteiger partial charge is 0.304 e. The van der Waals surface area contributed by atoms with Crippen molar-refractivity contribution in [3.8, 4) is 0 Å². The summed E-state index contributed by atoms with van der Waals surface area (Å²) < 4.78 is 0. The summed E-state index contributed by atoms with van der Waals surface area (Å²) in [6.07, 6.45) is 1.55. The van der Waals surface area contributed by atoms with Crippen molar-refractivity contribution in [1.29, 1.82) is 0 Å². The monoisotopic (exact) mass is 246 g/mol. The molecule has 16 heavy (non-hydrogen) atoms. The second kappa shape index (κ2) is 7.19. The van der Waals surface area contributed by atoms with Crippen LogP contribution in [0, 0.1) is 5.41 Å². The first-order valence-corrected chi connectivity index (χ1v) is 5.29. The summed E-state index contributed by atoms with van der Waals surface area (Å²) in [7, 11) is 0. The normalized spacial score (nSPS) is 13.6. The number of carboxylic acid groups (broad SMARTS) is 1. The van der Waals surface area contributed by atoms with Crippen molar-refractivity contribution in [3.63, 3.8) is 0 Å². The molecule has 1 unspecified atom stereocenters. The van der Waals surface area contributed by atoms with Crippen LogP contribution in [0.25, 0.3) is 0 Å². The van der Waals surface area contributed by atoms with Crippen LogP contribution in [-0.2, 0) is 4.79 Å². The first-order chi connectivity index (χ1) is 7.43. The number of thiocarbonyl (C=S) groups is 1. The number of carboxylic acids is 1. The van der Waals surface area contributed by atoms with Gasteiger partial charge in [-0.2, -0.15) is 0 Å². The van der Waals surface area contributed by atoms with Gasteiger partial charge in [-0.15, -0.1) is 6.58 Å². The largest absolute Gasteiger partial charge is 0.481 e. The molecule has 0 amide bonds. The van der Waals surface area contributed by atoms with Gasteiger partial charge in [0.15, 0.2) is 5.11 Å². The third-order valence-electron chi connectivity index (χ3n) is 2.04. The van der Waals surface area contributed by atoms with E-state index in [1.807, 2.05) is 0 Å². The molecule has 0 aromatic rings. The summed E-state index contributed by atoms with van der Waals surface area (Å²) in [5.74, 6) is -0.941. The molecular weight excluding hydrogens is 228 g/mol. The molecule has 0 aromatic carbocycles. The summed E-state index contributed by atoms with van der Waals surface area (Å²) in [6, 6.07) is 0. The molecule has 0 aromatic heterocycles. The first-order valence-electron chi connectivity index (χ1n) is 4.89. The lowest BCUT2D eigenvalue weighted by atomic mass is 9.88. The van der Waals surface area contributed by atoms with Gasteiger partial charge in [0.1, 0.15) is 0 Å². The molecule has 0 aliphatic rings. The van der Waals surface area contributed by atoms with E-state index in [2.05, 4.69) is 17.2 Å². The third kappa shape index (κ3) is 6.36. The predicted molar refractivity (Wildman–Crippen MR) is 66.2 cm³/mol. The van der Waals surface area contributed by atoms with Crippen molar-refractivity contribution in [3.05, 3.63) is 12.7 Å². The minimum Gasteiger partial charge on any atom is -0.481 e. The maximum atomic E-state index is 10.6. The molecule has 0 bridgehead atoms. The van der Waals surface area contributed by atoms with Crippen molar-refractivity contribution >= 4 is 23.3 Å². The second-order valence-electron chi connectivity index (χ2n) is 3.89. The average Bonchev–Trinajstić information content (AvgIpc) is 2.22. The number of aliphatic hydroxyl groups excluding tert-OH is 1. The van der Waals surface area contributed by atoms with Crippen LogP contribution in [0.5, 0.6) is 0 Å². The van der Waals surface area contributed by atoms with Crippen LogP contribution >= 0.6 is 12.2 Å². The Balaban J connectivity index is 4.07. The van der Waals surface area contributed by atoms with E-state index in [0.717, 1.165) is 0 Å². The summed E-state index contributed by atoms with van der Waals surface area (Å²) in [4.78, 5) is 10.6. The van der Waals surface area contributed by atoms with Gasteiger partial charge < -0.3 is 20.8 Å². The Kier molecular flexibility index (Phi) is 6.67. The molecule has 0 fully saturated rings. The summed E-state index contributed by atoms with van der Waals surface area (Å²) in [6.45, 7) is 5.85. The van der Waals surface area contributed by atoms with Gasteiger partial charge in [-0.25, -0.2) is 0 Å². The highest BCUT2D eigenvalue weighted by Gasteiger charge is 2.26. The van der Waals surface area contributed by atoms with E-state index in [-0.39, 0.29) is 13.0 Å². The molecule has 0 saturated carbocycles. The quantitative estimate of drug-likeness (QED) is 0.377. The fourth-order valence-corrected chi connectivity index (χ4v) is 1.22. The Bertz CT molecular complexity index is 271. The zero-order chi connectivity index (χ0) is 12.6. The van der Waals surface area contributed by atoms with Gasteiger partial charge in [0, 0.05) is 18.5 Å². The number of hydrogen-bond acceptors (Lipinski definition) is 3. The Hall–Kier alpha value is -1.14. The van der Waals surface area contributed by atoms with Crippen LogP contribution in [-0.4, -0.2) is 41.0 Å². The van der Waals surface area contributed by atoms with Crippen LogP contribution in [0.1, 0.15) is 13.3 Å². The van der Waals surface area contributed by atoms with E-state index >= 15 is 0 Å². The van der Waals surface area contributed by atoms with Crippen LogP contribution in [0.4, 0.5) is 0 Å². The fraction of sp³-hybridized carbons (Fsp3) is 0.600. The second-order valence-corrected chi connectivity index (χ2v) is 4.30. The Morgan fingerprint density at radius 1 is 1.56 bits per heavy atom. The topological polar surface area (TPSA) is 81.6 Å². The van der Waals surface area contributed by atoms with Crippen LogP contribution in [0.3, 0.4) is 0 Å². The Labute approximate surface area is 101 Å². The molecule has 0 saturated heterocycles. The predicted octanol–water partition coefficient (Wildman–Crippen LogP) is 0.110. The highest BCUT2D eigenvalue weighted by molar-refractivity contribution is 7.80. The van der Waals surface area contributed by atoms with E-state index in [0.29, 0.717) is 18.2 Å².